The van der Waals surface area contributed by atoms with Gasteiger partial charge in [0.25, 0.3) is 5.92 Å². The smallest absolute Gasteiger partial charge is 0.289 e. The molecule has 1 aliphatic rings. The van der Waals surface area contributed by atoms with Crippen molar-refractivity contribution in [3.05, 3.63) is 29.8 Å². The summed E-state index contributed by atoms with van der Waals surface area (Å²) >= 11 is 0. The lowest BCUT2D eigenvalue weighted by Crippen LogP contribution is -2.51. The number of alkyl halides is 2. The maximum absolute atomic E-state index is 14.1. The van der Waals surface area contributed by atoms with Crippen LogP contribution in [0.2, 0.25) is 0 Å². The zero-order valence-corrected chi connectivity index (χ0v) is 11.5. The van der Waals surface area contributed by atoms with Crippen molar-refractivity contribution in [2.45, 2.75) is 12.0 Å². The number of methoxy groups -OCH3 is 1. The lowest BCUT2D eigenvalue weighted by Gasteiger charge is -2.38. The Labute approximate surface area is 117 Å². The van der Waals surface area contributed by atoms with E-state index in [0.717, 1.165) is 0 Å². The van der Waals surface area contributed by atoms with Gasteiger partial charge in [0.15, 0.2) is 0 Å². The second-order valence-corrected chi connectivity index (χ2v) is 4.88. The van der Waals surface area contributed by atoms with Crippen LogP contribution in [0.25, 0.3) is 0 Å². The molecule has 1 aromatic carbocycles. The van der Waals surface area contributed by atoms with Crippen LogP contribution in [0.5, 0.6) is 5.75 Å². The molecule has 112 valence electrons. The van der Waals surface area contributed by atoms with Crippen molar-refractivity contribution in [3.8, 4) is 5.75 Å². The number of nitrogens with one attached hydrogen (secondary N) is 1. The molecule has 1 aromatic rings. The van der Waals surface area contributed by atoms with Crippen LogP contribution in [0.4, 0.5) is 8.78 Å². The van der Waals surface area contributed by atoms with E-state index >= 15 is 0 Å². The SMILES string of the molecule is COc1ccc([C@H](N2CCNCC2)C(F)(F)CO)cc1. The predicted molar refractivity (Wildman–Crippen MR) is 72.2 cm³/mol. The van der Waals surface area contributed by atoms with Gasteiger partial charge in [0, 0.05) is 26.2 Å². The van der Waals surface area contributed by atoms with Crippen LogP contribution < -0.4 is 10.1 Å². The highest BCUT2D eigenvalue weighted by Crippen LogP contribution is 2.36. The van der Waals surface area contributed by atoms with Crippen molar-refractivity contribution in [3.63, 3.8) is 0 Å². The van der Waals surface area contributed by atoms with E-state index in [1.54, 1.807) is 29.2 Å². The number of piperazine rings is 1. The number of rotatable bonds is 5. The Balaban J connectivity index is 2.29. The van der Waals surface area contributed by atoms with E-state index < -0.39 is 18.6 Å². The number of nitrogens with zero attached hydrogens (tertiary/aromatic N) is 1. The minimum Gasteiger partial charge on any atom is -0.497 e. The highest BCUT2D eigenvalue weighted by molar-refractivity contribution is 5.30. The molecule has 1 fully saturated rings. The number of hydrogen-bond donors (Lipinski definition) is 2. The molecular weight excluding hydrogens is 266 g/mol. The molecule has 0 aromatic heterocycles. The van der Waals surface area contributed by atoms with Gasteiger partial charge in [0.1, 0.15) is 18.4 Å². The van der Waals surface area contributed by atoms with Gasteiger partial charge in [-0.25, -0.2) is 8.78 Å². The van der Waals surface area contributed by atoms with Gasteiger partial charge in [-0.3, -0.25) is 4.90 Å². The first-order valence-corrected chi connectivity index (χ1v) is 6.66. The quantitative estimate of drug-likeness (QED) is 0.855. The minimum absolute atomic E-state index is 0.492. The molecule has 1 atom stereocenters. The molecule has 0 aliphatic carbocycles. The predicted octanol–water partition coefficient (Wildman–Crippen LogP) is 1.27. The molecule has 0 unspecified atom stereocenters. The first kappa shape index (κ1) is 15.2. The highest BCUT2D eigenvalue weighted by Gasteiger charge is 2.43. The summed E-state index contributed by atoms with van der Waals surface area (Å²) in [7, 11) is 1.53. The molecule has 1 heterocycles. The lowest BCUT2D eigenvalue weighted by molar-refractivity contribution is -0.118. The molecule has 0 amide bonds. The average Bonchev–Trinajstić information content (AvgIpc) is 2.49. The minimum atomic E-state index is -3.17. The van der Waals surface area contributed by atoms with Crippen LogP contribution in [0, 0.1) is 0 Å². The number of aliphatic hydroxyl groups excluding tert-OH is 1. The van der Waals surface area contributed by atoms with Crippen LogP contribution in [0.3, 0.4) is 0 Å². The third-order valence-corrected chi connectivity index (χ3v) is 3.56. The Morgan fingerprint density at radius 2 is 1.90 bits per heavy atom. The van der Waals surface area contributed by atoms with Gasteiger partial charge in [-0.05, 0) is 17.7 Å². The first-order chi connectivity index (χ1) is 9.58. The van der Waals surface area contributed by atoms with E-state index in [-0.39, 0.29) is 0 Å². The van der Waals surface area contributed by atoms with E-state index in [2.05, 4.69) is 5.32 Å². The maximum atomic E-state index is 14.1. The summed E-state index contributed by atoms with van der Waals surface area (Å²) in [5, 5.41) is 12.2. The number of benzene rings is 1. The largest absolute Gasteiger partial charge is 0.497 e. The normalized spacial score (nSPS) is 18.8. The van der Waals surface area contributed by atoms with Gasteiger partial charge in [-0.2, -0.15) is 0 Å². The molecule has 1 saturated heterocycles. The van der Waals surface area contributed by atoms with E-state index in [4.69, 9.17) is 9.84 Å². The summed E-state index contributed by atoms with van der Waals surface area (Å²) in [6, 6.07) is 5.49. The Kier molecular flexibility index (Phi) is 4.91. The van der Waals surface area contributed by atoms with E-state index in [1.165, 1.54) is 7.11 Å². The number of halogens is 2. The zero-order chi connectivity index (χ0) is 14.6. The van der Waals surface area contributed by atoms with Crippen LogP contribution in [0.15, 0.2) is 24.3 Å². The fraction of sp³-hybridized carbons (Fsp3) is 0.571. The van der Waals surface area contributed by atoms with Crippen molar-refractivity contribution in [1.82, 2.24) is 10.2 Å². The third-order valence-electron chi connectivity index (χ3n) is 3.56. The Hall–Kier alpha value is -1.24. The van der Waals surface area contributed by atoms with Crippen molar-refractivity contribution in [1.29, 1.82) is 0 Å². The fourth-order valence-electron chi connectivity index (χ4n) is 2.53. The van der Waals surface area contributed by atoms with Crippen molar-refractivity contribution < 1.29 is 18.6 Å². The van der Waals surface area contributed by atoms with Crippen molar-refractivity contribution in [2.24, 2.45) is 0 Å². The molecule has 6 heteroatoms. The highest BCUT2D eigenvalue weighted by atomic mass is 19.3. The molecule has 20 heavy (non-hydrogen) atoms. The summed E-state index contributed by atoms with van der Waals surface area (Å²) in [6.07, 6.45) is 0. The standard InChI is InChI=1S/C14H20F2N2O2/c1-20-12-4-2-11(3-5-12)13(14(15,16)10-19)18-8-6-17-7-9-18/h2-5,13,17,19H,6-10H2,1H3/t13-/m0/s1. The van der Waals surface area contributed by atoms with Crippen molar-refractivity contribution >= 4 is 0 Å². The Bertz CT molecular complexity index is 420. The monoisotopic (exact) mass is 286 g/mol. The Morgan fingerprint density at radius 3 is 2.40 bits per heavy atom. The van der Waals surface area contributed by atoms with Gasteiger partial charge in [0.05, 0.1) is 7.11 Å². The zero-order valence-electron chi connectivity index (χ0n) is 11.5. The Morgan fingerprint density at radius 1 is 1.30 bits per heavy atom. The van der Waals surface area contributed by atoms with Crippen LogP contribution in [0.1, 0.15) is 11.6 Å². The van der Waals surface area contributed by atoms with Gasteiger partial charge >= 0.3 is 0 Å². The van der Waals surface area contributed by atoms with Crippen LogP contribution in [-0.2, 0) is 0 Å². The summed E-state index contributed by atoms with van der Waals surface area (Å²) < 4.78 is 33.3. The lowest BCUT2D eigenvalue weighted by atomic mass is 9.98. The molecule has 1 aliphatic heterocycles. The van der Waals surface area contributed by atoms with Gasteiger partial charge < -0.3 is 15.2 Å². The molecule has 0 radical (unpaired) electrons. The second kappa shape index (κ2) is 6.47. The topological polar surface area (TPSA) is 44.7 Å². The maximum Gasteiger partial charge on any atom is 0.289 e. The third kappa shape index (κ3) is 3.26. The average molecular weight is 286 g/mol. The summed E-state index contributed by atoms with van der Waals surface area (Å²) in [5.41, 5.74) is 0.492. The number of aliphatic hydroxyl groups is 1. The molecule has 4 nitrogen and oxygen atoms in total. The second-order valence-electron chi connectivity index (χ2n) is 4.88. The molecular formula is C14H20F2N2O2. The van der Waals surface area contributed by atoms with Gasteiger partial charge in [-0.15, -0.1) is 0 Å². The van der Waals surface area contributed by atoms with Crippen LogP contribution in [-0.4, -0.2) is 55.8 Å². The van der Waals surface area contributed by atoms with Crippen molar-refractivity contribution in [2.75, 3.05) is 39.9 Å². The molecule has 2 rings (SSSR count). The first-order valence-electron chi connectivity index (χ1n) is 6.66. The van der Waals surface area contributed by atoms with Gasteiger partial charge in [-0.1, -0.05) is 12.1 Å². The summed E-state index contributed by atoms with van der Waals surface area (Å²) in [6.45, 7) is 1.26. The van der Waals surface area contributed by atoms with E-state index in [9.17, 15) is 8.78 Å². The number of ether oxygens (including phenoxy) is 1. The fourth-order valence-corrected chi connectivity index (χ4v) is 2.53. The molecule has 0 saturated carbocycles. The van der Waals surface area contributed by atoms with E-state index in [0.29, 0.717) is 37.5 Å². The van der Waals surface area contributed by atoms with Gasteiger partial charge in [0.2, 0.25) is 0 Å². The van der Waals surface area contributed by atoms with E-state index in [1.807, 2.05) is 0 Å². The van der Waals surface area contributed by atoms with Crippen LogP contribution >= 0.6 is 0 Å². The molecule has 2 N–H and O–H groups in total. The summed E-state index contributed by atoms with van der Waals surface area (Å²) in [4.78, 5) is 1.72. The molecule has 0 bridgehead atoms. The summed E-state index contributed by atoms with van der Waals surface area (Å²) in [5.74, 6) is -2.55. The molecule has 0 spiro atoms. The number of hydrogen-bond acceptors (Lipinski definition) is 4.